The number of nitrogens with one attached hydrogen (secondary N) is 1. The van der Waals surface area contributed by atoms with Gasteiger partial charge in [0.25, 0.3) is 0 Å². The predicted octanol–water partition coefficient (Wildman–Crippen LogP) is 3.97. The normalized spacial score (nSPS) is 14.0. The molecule has 0 saturated carbocycles. The van der Waals surface area contributed by atoms with Crippen LogP contribution in [0.15, 0.2) is 55.0 Å². The highest BCUT2D eigenvalue weighted by Crippen LogP contribution is 2.34. The maximum atomic E-state index is 11.9. The van der Waals surface area contributed by atoms with Crippen molar-refractivity contribution >= 4 is 28.8 Å². The molecule has 1 saturated heterocycles. The zero-order chi connectivity index (χ0) is 21.8. The van der Waals surface area contributed by atoms with Crippen molar-refractivity contribution in [2.45, 2.75) is 19.8 Å². The molecular weight excluding hydrogens is 394 g/mol. The van der Waals surface area contributed by atoms with Gasteiger partial charge in [-0.1, -0.05) is 32.0 Å². The predicted molar refractivity (Wildman–Crippen MR) is 121 cm³/mol. The molecule has 3 heterocycles. The van der Waals surface area contributed by atoms with Gasteiger partial charge >= 0.3 is 5.69 Å². The molecule has 0 spiro atoms. The van der Waals surface area contributed by atoms with Crippen LogP contribution in [0, 0.1) is 10.1 Å². The van der Waals surface area contributed by atoms with Crippen LogP contribution in [0.3, 0.4) is 0 Å². The fourth-order valence-electron chi connectivity index (χ4n) is 3.64. The second-order valence-electron chi connectivity index (χ2n) is 7.72. The van der Waals surface area contributed by atoms with E-state index < -0.39 is 4.92 Å². The molecule has 160 valence electrons. The van der Waals surface area contributed by atoms with Crippen LogP contribution in [-0.2, 0) is 0 Å². The van der Waals surface area contributed by atoms with E-state index in [0.717, 1.165) is 11.5 Å². The largest absolute Gasteiger partial charge is 0.353 e. The van der Waals surface area contributed by atoms with Gasteiger partial charge in [-0.15, -0.1) is 0 Å². The van der Waals surface area contributed by atoms with Gasteiger partial charge in [0.15, 0.2) is 0 Å². The summed E-state index contributed by atoms with van der Waals surface area (Å²) in [5.41, 5.74) is 1.84. The summed E-state index contributed by atoms with van der Waals surface area (Å²) in [4.78, 5) is 28.4. The topological polar surface area (TPSA) is 100 Å². The molecule has 9 nitrogen and oxygen atoms in total. The molecule has 1 aliphatic rings. The molecular formula is C22H25N7O2. The van der Waals surface area contributed by atoms with E-state index >= 15 is 0 Å². The minimum atomic E-state index is -0.411. The van der Waals surface area contributed by atoms with Gasteiger partial charge < -0.3 is 15.1 Å². The Balaban J connectivity index is 1.54. The number of piperazine rings is 1. The molecule has 9 heteroatoms. The Labute approximate surface area is 180 Å². The van der Waals surface area contributed by atoms with Crippen molar-refractivity contribution in [2.75, 3.05) is 41.3 Å². The van der Waals surface area contributed by atoms with Gasteiger partial charge in [-0.25, -0.2) is 15.0 Å². The zero-order valence-corrected chi connectivity index (χ0v) is 17.6. The number of hydrogen-bond acceptors (Lipinski definition) is 8. The molecule has 0 aliphatic carbocycles. The Kier molecular flexibility index (Phi) is 5.92. The highest BCUT2D eigenvalue weighted by atomic mass is 16.6. The summed E-state index contributed by atoms with van der Waals surface area (Å²) in [5, 5.41) is 15.0. The molecule has 31 heavy (non-hydrogen) atoms. The van der Waals surface area contributed by atoms with Crippen molar-refractivity contribution in [1.82, 2.24) is 15.0 Å². The maximum Gasteiger partial charge on any atom is 0.353 e. The van der Waals surface area contributed by atoms with E-state index in [9.17, 15) is 10.1 Å². The van der Waals surface area contributed by atoms with Crippen LogP contribution < -0.4 is 15.1 Å². The number of nitrogens with zero attached hydrogens (tertiary/aromatic N) is 6. The fourth-order valence-corrected chi connectivity index (χ4v) is 3.64. The molecule has 3 aromatic rings. The van der Waals surface area contributed by atoms with Crippen LogP contribution in [0.1, 0.15) is 25.3 Å². The number of pyridine rings is 1. The van der Waals surface area contributed by atoms with Crippen LogP contribution in [0.5, 0.6) is 0 Å². The van der Waals surface area contributed by atoms with Gasteiger partial charge in [0.1, 0.15) is 12.1 Å². The molecule has 0 amide bonds. The lowest BCUT2D eigenvalue weighted by Crippen LogP contribution is -2.47. The monoisotopic (exact) mass is 419 g/mol. The Bertz CT molecular complexity index is 1030. The first-order valence-corrected chi connectivity index (χ1v) is 10.3. The van der Waals surface area contributed by atoms with Crippen LogP contribution in [0.25, 0.3) is 0 Å². The van der Waals surface area contributed by atoms with E-state index in [2.05, 4.69) is 39.0 Å². The smallest absolute Gasteiger partial charge is 0.353 e. The summed E-state index contributed by atoms with van der Waals surface area (Å²) in [6, 6.07) is 13.6. The van der Waals surface area contributed by atoms with Crippen molar-refractivity contribution in [1.29, 1.82) is 0 Å². The van der Waals surface area contributed by atoms with Gasteiger partial charge in [0.2, 0.25) is 11.6 Å². The number of nitro groups is 1. The molecule has 1 fully saturated rings. The molecule has 2 aromatic heterocycles. The standard InChI is InChI=1S/C22H25N7O2/c1-16(2)17-6-8-18(9-7-17)26-21-20(29(30)31)22(25-15-24-21)28-13-11-27(12-14-28)19-5-3-4-10-23-19/h3-10,15-16H,11-14H2,1-2H3,(H,24,25,26). The summed E-state index contributed by atoms with van der Waals surface area (Å²) in [5.74, 6) is 1.85. The second-order valence-corrected chi connectivity index (χ2v) is 7.72. The summed E-state index contributed by atoms with van der Waals surface area (Å²) in [6.45, 7) is 6.87. The molecule has 0 bridgehead atoms. The highest BCUT2D eigenvalue weighted by Gasteiger charge is 2.29. The molecule has 0 unspecified atom stereocenters. The number of aromatic nitrogens is 3. The van der Waals surface area contributed by atoms with Gasteiger partial charge in [0, 0.05) is 38.1 Å². The molecule has 0 radical (unpaired) electrons. The first-order valence-electron chi connectivity index (χ1n) is 10.3. The Morgan fingerprint density at radius 2 is 1.68 bits per heavy atom. The summed E-state index contributed by atoms with van der Waals surface area (Å²) < 4.78 is 0. The van der Waals surface area contributed by atoms with Gasteiger partial charge in [-0.3, -0.25) is 10.1 Å². The SMILES string of the molecule is CC(C)c1ccc(Nc2ncnc(N3CCN(c4ccccn4)CC3)c2[N+](=O)[O-])cc1. The quantitative estimate of drug-likeness (QED) is 0.473. The Morgan fingerprint density at radius 1 is 0.968 bits per heavy atom. The Hall–Kier alpha value is -3.75. The lowest BCUT2D eigenvalue weighted by Gasteiger charge is -2.35. The van der Waals surface area contributed by atoms with Gasteiger partial charge in [-0.05, 0) is 35.7 Å². The van der Waals surface area contributed by atoms with E-state index in [-0.39, 0.29) is 11.5 Å². The number of rotatable bonds is 6. The lowest BCUT2D eigenvalue weighted by atomic mass is 10.0. The van der Waals surface area contributed by atoms with E-state index in [0.29, 0.717) is 37.9 Å². The minimum absolute atomic E-state index is 0.110. The summed E-state index contributed by atoms with van der Waals surface area (Å²) >= 11 is 0. The van der Waals surface area contributed by atoms with Gasteiger partial charge in [-0.2, -0.15) is 0 Å². The van der Waals surface area contributed by atoms with Crippen molar-refractivity contribution in [3.05, 3.63) is 70.7 Å². The van der Waals surface area contributed by atoms with E-state index in [1.54, 1.807) is 6.20 Å². The first-order chi connectivity index (χ1) is 15.0. The average molecular weight is 419 g/mol. The molecule has 0 atom stereocenters. The summed E-state index contributed by atoms with van der Waals surface area (Å²) in [7, 11) is 0. The minimum Gasteiger partial charge on any atom is -0.353 e. The third-order valence-corrected chi connectivity index (χ3v) is 5.38. The van der Waals surface area contributed by atoms with Crippen molar-refractivity contribution in [3.63, 3.8) is 0 Å². The van der Waals surface area contributed by atoms with Crippen LogP contribution in [-0.4, -0.2) is 46.1 Å². The van der Waals surface area contributed by atoms with Crippen LogP contribution in [0.4, 0.5) is 28.8 Å². The molecule has 1 N–H and O–H groups in total. The highest BCUT2D eigenvalue weighted by molar-refractivity contribution is 5.74. The number of hydrogen-bond donors (Lipinski definition) is 1. The maximum absolute atomic E-state index is 11.9. The lowest BCUT2D eigenvalue weighted by molar-refractivity contribution is -0.383. The van der Waals surface area contributed by atoms with E-state index in [4.69, 9.17) is 0 Å². The molecule has 4 rings (SSSR count). The number of benzene rings is 1. The van der Waals surface area contributed by atoms with Crippen molar-refractivity contribution < 1.29 is 4.92 Å². The van der Waals surface area contributed by atoms with E-state index in [1.165, 1.54) is 11.9 Å². The molecule has 1 aromatic carbocycles. The Morgan fingerprint density at radius 3 is 2.29 bits per heavy atom. The van der Waals surface area contributed by atoms with Crippen molar-refractivity contribution in [3.8, 4) is 0 Å². The molecule has 1 aliphatic heterocycles. The van der Waals surface area contributed by atoms with Crippen LogP contribution >= 0.6 is 0 Å². The summed E-state index contributed by atoms with van der Waals surface area (Å²) in [6.07, 6.45) is 3.14. The van der Waals surface area contributed by atoms with E-state index in [1.807, 2.05) is 47.4 Å². The fraction of sp³-hybridized carbons (Fsp3) is 0.318. The average Bonchev–Trinajstić information content (AvgIpc) is 2.80. The number of anilines is 4. The zero-order valence-electron chi connectivity index (χ0n) is 17.6. The first kappa shape index (κ1) is 20.5. The van der Waals surface area contributed by atoms with Gasteiger partial charge in [0.05, 0.1) is 4.92 Å². The third-order valence-electron chi connectivity index (χ3n) is 5.38. The van der Waals surface area contributed by atoms with Crippen molar-refractivity contribution in [2.24, 2.45) is 0 Å². The third kappa shape index (κ3) is 4.55. The second kappa shape index (κ2) is 8.95. The van der Waals surface area contributed by atoms with Crippen LogP contribution in [0.2, 0.25) is 0 Å².